The smallest absolute Gasteiger partial charge is 0.387 e. The monoisotopic (exact) mass is 400 g/mol. The third-order valence-corrected chi connectivity index (χ3v) is 4.30. The second kappa shape index (κ2) is 9.84. The fraction of sp³-hybridized carbons (Fsp3) is 0.227. The third kappa shape index (κ3) is 6.15. The molecule has 0 bridgehead atoms. The Morgan fingerprint density at radius 1 is 1.03 bits per heavy atom. The Hall–Kier alpha value is -3.19. The predicted octanol–water partition coefficient (Wildman–Crippen LogP) is 4.22. The van der Waals surface area contributed by atoms with Gasteiger partial charge in [-0.2, -0.15) is 8.78 Å². The quantitative estimate of drug-likeness (QED) is 0.584. The number of hydrogen-bond donors (Lipinski definition) is 1. The van der Waals surface area contributed by atoms with Crippen LogP contribution in [0.1, 0.15) is 22.9 Å². The second-order valence-electron chi connectivity index (χ2n) is 6.61. The van der Waals surface area contributed by atoms with Crippen molar-refractivity contribution in [2.75, 3.05) is 13.6 Å². The predicted molar refractivity (Wildman–Crippen MR) is 105 cm³/mol. The minimum Gasteiger partial charge on any atom is -0.468 e. The molecule has 3 aromatic rings. The van der Waals surface area contributed by atoms with Crippen molar-refractivity contribution in [1.29, 1.82) is 0 Å². The summed E-state index contributed by atoms with van der Waals surface area (Å²) in [6.07, 6.45) is 1.59. The minimum atomic E-state index is -2.88. The number of furan rings is 1. The summed E-state index contributed by atoms with van der Waals surface area (Å²) in [4.78, 5) is 14.5. The van der Waals surface area contributed by atoms with E-state index in [-0.39, 0.29) is 18.2 Å². The van der Waals surface area contributed by atoms with Gasteiger partial charge in [-0.05, 0) is 42.4 Å². The van der Waals surface area contributed by atoms with E-state index in [1.165, 1.54) is 12.1 Å². The molecule has 1 amide bonds. The van der Waals surface area contributed by atoms with Crippen LogP contribution < -0.4 is 10.1 Å². The number of amides is 1. The van der Waals surface area contributed by atoms with E-state index in [9.17, 15) is 13.6 Å². The van der Waals surface area contributed by atoms with Gasteiger partial charge in [0.25, 0.3) is 0 Å². The molecule has 1 atom stereocenters. The first-order valence-corrected chi connectivity index (χ1v) is 9.11. The van der Waals surface area contributed by atoms with Crippen LogP contribution in [0.4, 0.5) is 8.78 Å². The van der Waals surface area contributed by atoms with Gasteiger partial charge in [0.1, 0.15) is 11.5 Å². The van der Waals surface area contributed by atoms with Crippen LogP contribution in [0, 0.1) is 0 Å². The summed E-state index contributed by atoms with van der Waals surface area (Å²) in [5.74, 6) is 0.676. The zero-order chi connectivity index (χ0) is 20.6. The molecule has 7 heteroatoms. The molecule has 0 radical (unpaired) electrons. The van der Waals surface area contributed by atoms with Crippen LogP contribution in [0.25, 0.3) is 0 Å². The molecule has 0 fully saturated rings. The van der Waals surface area contributed by atoms with Crippen LogP contribution in [0.5, 0.6) is 5.75 Å². The number of carbonyl (C=O) groups excluding carboxylic acids is 1. The van der Waals surface area contributed by atoms with E-state index in [4.69, 9.17) is 4.42 Å². The summed E-state index contributed by atoms with van der Waals surface area (Å²) < 4.78 is 34.5. The lowest BCUT2D eigenvalue weighted by molar-refractivity contribution is -0.122. The number of alkyl halides is 2. The van der Waals surface area contributed by atoms with Crippen LogP contribution >= 0.6 is 0 Å². The number of nitrogens with one attached hydrogen (secondary N) is 1. The molecule has 0 unspecified atom stereocenters. The molecule has 0 aliphatic heterocycles. The average Bonchev–Trinajstić information content (AvgIpc) is 3.20. The van der Waals surface area contributed by atoms with Gasteiger partial charge in [0.15, 0.2) is 0 Å². The maximum atomic E-state index is 12.6. The molecule has 1 N–H and O–H groups in total. The molecule has 2 aromatic carbocycles. The molecule has 1 heterocycles. The molecule has 29 heavy (non-hydrogen) atoms. The fourth-order valence-electron chi connectivity index (χ4n) is 3.02. The van der Waals surface area contributed by atoms with E-state index in [0.29, 0.717) is 6.54 Å². The van der Waals surface area contributed by atoms with Crippen molar-refractivity contribution in [2.45, 2.75) is 19.2 Å². The van der Waals surface area contributed by atoms with Crippen molar-refractivity contribution in [1.82, 2.24) is 10.2 Å². The van der Waals surface area contributed by atoms with Crippen molar-refractivity contribution >= 4 is 5.91 Å². The molecule has 0 saturated carbocycles. The van der Waals surface area contributed by atoms with Gasteiger partial charge in [0, 0.05) is 0 Å². The number of nitrogens with zero attached hydrogens (tertiary/aromatic N) is 1. The Morgan fingerprint density at radius 3 is 2.34 bits per heavy atom. The van der Waals surface area contributed by atoms with Gasteiger partial charge >= 0.3 is 6.61 Å². The topological polar surface area (TPSA) is 54.7 Å². The molecule has 0 spiro atoms. The number of halogens is 2. The highest BCUT2D eigenvalue weighted by Crippen LogP contribution is 2.25. The van der Waals surface area contributed by atoms with Crippen molar-refractivity contribution < 1.29 is 22.7 Å². The van der Waals surface area contributed by atoms with Gasteiger partial charge < -0.3 is 14.5 Å². The summed E-state index contributed by atoms with van der Waals surface area (Å²) in [6.45, 7) is -2.19. The summed E-state index contributed by atoms with van der Waals surface area (Å²) >= 11 is 0. The van der Waals surface area contributed by atoms with Crippen molar-refractivity contribution in [3.8, 4) is 5.75 Å². The van der Waals surface area contributed by atoms with E-state index in [0.717, 1.165) is 16.9 Å². The Bertz CT molecular complexity index is 884. The SMILES string of the molecule is CN(CC(=O)N[C@@H](c1ccccc1)c1ccc(OC(F)F)cc1)Cc1ccco1. The molecule has 1 aromatic heterocycles. The lowest BCUT2D eigenvalue weighted by Gasteiger charge is -2.22. The van der Waals surface area contributed by atoms with Gasteiger partial charge in [-0.3, -0.25) is 9.69 Å². The molecule has 0 aliphatic rings. The van der Waals surface area contributed by atoms with Crippen molar-refractivity contribution in [3.05, 3.63) is 89.9 Å². The van der Waals surface area contributed by atoms with E-state index in [1.807, 2.05) is 48.3 Å². The Labute approximate surface area is 167 Å². The highest BCUT2D eigenvalue weighted by Gasteiger charge is 2.18. The van der Waals surface area contributed by atoms with Gasteiger partial charge in [-0.25, -0.2) is 0 Å². The maximum absolute atomic E-state index is 12.6. The highest BCUT2D eigenvalue weighted by molar-refractivity contribution is 5.79. The molecule has 152 valence electrons. The summed E-state index contributed by atoms with van der Waals surface area (Å²) in [7, 11) is 1.83. The van der Waals surface area contributed by atoms with E-state index in [2.05, 4.69) is 10.1 Å². The zero-order valence-corrected chi connectivity index (χ0v) is 15.9. The molecule has 3 rings (SSSR count). The summed E-state index contributed by atoms with van der Waals surface area (Å²) in [6, 6.07) is 19.0. The Kier molecular flexibility index (Phi) is 6.97. The van der Waals surface area contributed by atoms with E-state index < -0.39 is 12.7 Å². The van der Waals surface area contributed by atoms with Crippen LogP contribution in [0.15, 0.2) is 77.4 Å². The minimum absolute atomic E-state index is 0.0695. The Morgan fingerprint density at radius 2 is 1.72 bits per heavy atom. The second-order valence-corrected chi connectivity index (χ2v) is 6.61. The first kappa shape index (κ1) is 20.5. The van der Waals surface area contributed by atoms with Gasteiger partial charge in [-0.15, -0.1) is 0 Å². The molecule has 0 saturated heterocycles. The van der Waals surface area contributed by atoms with Crippen LogP contribution in [-0.2, 0) is 11.3 Å². The summed E-state index contributed by atoms with van der Waals surface area (Å²) in [5, 5.41) is 3.02. The standard InChI is InChI=1S/C22H22F2N2O3/c1-26(14-19-8-5-13-28-19)15-20(27)25-21(16-6-3-2-4-7-16)17-9-11-18(12-10-17)29-22(23)24/h2-13,21-22H,14-15H2,1H3,(H,25,27)/t21-/m0/s1. The first-order chi connectivity index (χ1) is 14.0. The first-order valence-electron chi connectivity index (χ1n) is 9.11. The van der Waals surface area contributed by atoms with Crippen LogP contribution in [0.2, 0.25) is 0 Å². The van der Waals surface area contributed by atoms with Gasteiger partial charge in [0.05, 0.1) is 25.4 Å². The molecule has 0 aliphatic carbocycles. The van der Waals surface area contributed by atoms with Crippen molar-refractivity contribution in [3.63, 3.8) is 0 Å². The largest absolute Gasteiger partial charge is 0.468 e. The number of rotatable bonds is 9. The number of ether oxygens (including phenoxy) is 1. The number of carbonyl (C=O) groups is 1. The fourth-order valence-corrected chi connectivity index (χ4v) is 3.02. The molecular formula is C22H22F2N2O3. The van der Waals surface area contributed by atoms with Gasteiger partial charge in [0.2, 0.25) is 5.91 Å². The molecule has 5 nitrogen and oxygen atoms in total. The number of hydrogen-bond acceptors (Lipinski definition) is 4. The highest BCUT2D eigenvalue weighted by atomic mass is 19.3. The number of benzene rings is 2. The van der Waals surface area contributed by atoms with Gasteiger partial charge in [-0.1, -0.05) is 42.5 Å². The molecular weight excluding hydrogens is 378 g/mol. The van der Waals surface area contributed by atoms with E-state index >= 15 is 0 Å². The zero-order valence-electron chi connectivity index (χ0n) is 15.9. The maximum Gasteiger partial charge on any atom is 0.387 e. The Balaban J connectivity index is 1.71. The van der Waals surface area contributed by atoms with E-state index in [1.54, 1.807) is 24.5 Å². The van der Waals surface area contributed by atoms with Crippen LogP contribution in [0.3, 0.4) is 0 Å². The lowest BCUT2D eigenvalue weighted by atomic mass is 9.98. The normalized spacial score (nSPS) is 12.2. The van der Waals surface area contributed by atoms with Crippen LogP contribution in [-0.4, -0.2) is 31.0 Å². The average molecular weight is 400 g/mol. The third-order valence-electron chi connectivity index (χ3n) is 4.30. The summed E-state index contributed by atoms with van der Waals surface area (Å²) in [5.41, 5.74) is 1.65. The lowest BCUT2D eigenvalue weighted by Crippen LogP contribution is -2.37. The van der Waals surface area contributed by atoms with Crippen molar-refractivity contribution in [2.24, 2.45) is 0 Å². The number of likely N-dealkylation sites (N-methyl/N-ethyl adjacent to an activating group) is 1.